The monoisotopic (exact) mass is 773 g/mol. The van der Waals surface area contributed by atoms with Crippen LogP contribution >= 0.6 is 0 Å². The number of hydrogen-bond donors (Lipinski definition) is 0. The molecule has 49 heavy (non-hydrogen) atoms. The van der Waals surface area contributed by atoms with Crippen LogP contribution in [0.3, 0.4) is 0 Å². The Bertz CT molecular complexity index is 807. The maximum Gasteiger partial charge on any atom is 0.500 e. The molecule has 2 aliphatic rings. The minimum Gasteiger partial charge on any atom is -0.386 e. The number of ether oxygens (including phenoxy) is 1. The molecule has 13 nitrogen and oxygen atoms in total. The van der Waals surface area contributed by atoms with Crippen LogP contribution < -0.4 is 0 Å². The number of nitrogens with zero attached hydrogens (tertiary/aromatic N) is 1. The van der Waals surface area contributed by atoms with E-state index < -0.39 is 35.1 Å². The maximum atomic E-state index is 6.74. The van der Waals surface area contributed by atoms with E-state index in [0.29, 0.717) is 17.8 Å². The highest BCUT2D eigenvalue weighted by Gasteiger charge is 2.47. The van der Waals surface area contributed by atoms with Crippen LogP contribution in [0.5, 0.6) is 0 Å². The van der Waals surface area contributed by atoms with E-state index in [1.165, 1.54) is 0 Å². The van der Waals surface area contributed by atoms with Gasteiger partial charge in [0.05, 0.1) is 6.10 Å². The van der Waals surface area contributed by atoms with E-state index in [2.05, 4.69) is 4.57 Å². The smallest absolute Gasteiger partial charge is 0.386 e. The van der Waals surface area contributed by atoms with Crippen LogP contribution in [0.1, 0.15) is 64.2 Å². The summed E-state index contributed by atoms with van der Waals surface area (Å²) in [6, 6.07) is 3.38. The van der Waals surface area contributed by atoms with Crippen molar-refractivity contribution in [1.29, 1.82) is 0 Å². The van der Waals surface area contributed by atoms with Gasteiger partial charge < -0.3 is 53.4 Å². The first-order chi connectivity index (χ1) is 23.6. The largest absolute Gasteiger partial charge is 0.500 e. The molecule has 0 aromatic heterocycles. The Kier molecular flexibility index (Phi) is 21.5. The molecule has 0 bridgehead atoms. The predicted molar refractivity (Wildman–Crippen MR) is 197 cm³/mol. The third-order valence-electron chi connectivity index (χ3n) is 11.2. The van der Waals surface area contributed by atoms with Crippen LogP contribution in [0.2, 0.25) is 24.2 Å². The summed E-state index contributed by atoms with van der Waals surface area (Å²) in [5.74, 6) is 1.49. The molecule has 292 valence electrons. The van der Waals surface area contributed by atoms with Gasteiger partial charge in [0.25, 0.3) is 0 Å². The van der Waals surface area contributed by atoms with Crippen molar-refractivity contribution in [3.63, 3.8) is 0 Å². The van der Waals surface area contributed by atoms with Crippen molar-refractivity contribution in [3.8, 4) is 0 Å². The van der Waals surface area contributed by atoms with E-state index in [4.69, 9.17) is 53.4 Å². The predicted octanol–water partition coefficient (Wildman–Crippen LogP) is 5.32. The molecular formula is C32H71NO12Si4. The molecule has 0 aromatic rings. The molecule has 0 aromatic carbocycles. The molecule has 1 aliphatic heterocycles. The first kappa shape index (κ1) is 45.5. The quantitative estimate of drug-likeness (QED) is 0.0757. The molecular weight excluding hydrogens is 703 g/mol. The Labute approximate surface area is 302 Å². The summed E-state index contributed by atoms with van der Waals surface area (Å²) in [4.78, 5) is 0. The molecule has 0 N–H and O–H groups in total. The highest BCUT2D eigenvalue weighted by Crippen LogP contribution is 2.45. The lowest BCUT2D eigenvalue weighted by Crippen LogP contribution is -2.53. The van der Waals surface area contributed by atoms with E-state index >= 15 is 0 Å². The van der Waals surface area contributed by atoms with Crippen molar-refractivity contribution < 1.29 is 53.4 Å². The Balaban J connectivity index is 2.23. The van der Waals surface area contributed by atoms with Crippen LogP contribution in [0.15, 0.2) is 0 Å². The van der Waals surface area contributed by atoms with E-state index in [-0.39, 0.29) is 6.10 Å². The summed E-state index contributed by atoms with van der Waals surface area (Å²) in [5.41, 5.74) is 0. The van der Waals surface area contributed by atoms with Gasteiger partial charge in [-0.25, -0.2) is 0 Å². The van der Waals surface area contributed by atoms with Crippen molar-refractivity contribution in [1.82, 2.24) is 4.57 Å². The topological polar surface area (TPSA) is 114 Å². The average Bonchev–Trinajstić information content (AvgIpc) is 3.56. The second kappa shape index (κ2) is 23.2. The summed E-state index contributed by atoms with van der Waals surface area (Å²) in [6.07, 6.45) is 10.5. The first-order valence-corrected chi connectivity index (χ1v) is 25.8. The molecule has 0 amide bonds. The van der Waals surface area contributed by atoms with Crippen molar-refractivity contribution >= 4 is 35.1 Å². The fourth-order valence-electron chi connectivity index (χ4n) is 8.32. The van der Waals surface area contributed by atoms with E-state index in [1.54, 1.807) is 78.2 Å². The van der Waals surface area contributed by atoms with Crippen LogP contribution in [-0.2, 0) is 53.4 Å². The summed E-state index contributed by atoms with van der Waals surface area (Å²) in [5, 5.41) is 0. The zero-order chi connectivity index (χ0) is 36.4. The van der Waals surface area contributed by atoms with Gasteiger partial charge in [-0.2, -0.15) is 0 Å². The Morgan fingerprint density at radius 2 is 0.959 bits per heavy atom. The molecule has 0 radical (unpaired) electrons. The zero-order valence-electron chi connectivity index (χ0n) is 32.7. The minimum absolute atomic E-state index is 0.200. The Morgan fingerprint density at radius 1 is 0.551 bits per heavy atom. The summed E-state index contributed by atoms with van der Waals surface area (Å²) in [7, 11) is 8.56. The molecule has 1 aliphatic carbocycles. The molecule has 1 heterocycles. The van der Waals surface area contributed by atoms with Gasteiger partial charge in [-0.15, -0.1) is 0 Å². The van der Waals surface area contributed by atoms with Crippen molar-refractivity contribution in [2.75, 3.05) is 97.9 Å². The van der Waals surface area contributed by atoms with Gasteiger partial charge in [0, 0.05) is 109 Å². The number of rotatable bonds is 28. The van der Waals surface area contributed by atoms with Crippen molar-refractivity contribution in [2.45, 2.75) is 94.5 Å². The van der Waals surface area contributed by atoms with E-state index in [9.17, 15) is 0 Å². The van der Waals surface area contributed by atoms with Crippen LogP contribution in [0, 0.1) is 17.8 Å². The van der Waals surface area contributed by atoms with Crippen LogP contribution in [0.4, 0.5) is 0 Å². The highest BCUT2D eigenvalue weighted by molar-refractivity contribution is 6.65. The van der Waals surface area contributed by atoms with Crippen LogP contribution in [-0.4, -0.2) is 144 Å². The van der Waals surface area contributed by atoms with Gasteiger partial charge in [-0.3, -0.25) is 4.57 Å². The highest BCUT2D eigenvalue weighted by atomic mass is 28.4. The molecule has 2 atom stereocenters. The lowest BCUT2D eigenvalue weighted by Gasteiger charge is -2.43. The Morgan fingerprint density at radius 3 is 1.35 bits per heavy atom. The minimum atomic E-state index is -2.67. The second-order valence-corrected chi connectivity index (χ2v) is 25.9. The van der Waals surface area contributed by atoms with E-state index in [0.717, 1.165) is 108 Å². The van der Waals surface area contributed by atoms with E-state index in [1.807, 2.05) is 0 Å². The lowest BCUT2D eigenvalue weighted by molar-refractivity contribution is -0.0371. The summed E-state index contributed by atoms with van der Waals surface area (Å²) < 4.78 is 73.0. The molecule has 2 fully saturated rings. The summed E-state index contributed by atoms with van der Waals surface area (Å²) >= 11 is 0. The molecule has 17 heteroatoms. The maximum absolute atomic E-state index is 6.74. The lowest BCUT2D eigenvalue weighted by atomic mass is 9.66. The third kappa shape index (κ3) is 12.7. The molecule has 1 saturated carbocycles. The fraction of sp³-hybridized carbons (Fsp3) is 1.00. The molecule has 1 saturated heterocycles. The molecule has 2 unspecified atom stereocenters. The number of hydrogen-bond acceptors (Lipinski definition) is 13. The SMILES string of the molecule is CO[Si](CCCC1CC(OCCCN2CCC[Si]2(OC)OC)CC(CCC[Si](OC)(OC)OC)C1CCC[Si](OC)(OC)OC)(OC)OC. The third-order valence-corrected chi connectivity index (χ3v) is 23.4. The average molecular weight is 774 g/mol. The van der Waals surface area contributed by atoms with Crippen molar-refractivity contribution in [2.24, 2.45) is 17.8 Å². The van der Waals surface area contributed by atoms with Gasteiger partial charge in [-0.1, -0.05) is 12.8 Å². The second-order valence-electron chi connectivity index (χ2n) is 13.3. The zero-order valence-corrected chi connectivity index (χ0v) is 36.7. The van der Waals surface area contributed by atoms with Crippen LogP contribution in [0.25, 0.3) is 0 Å². The standard InChI is InChI=1S/C32H71NO12Si4/c1-34-46(35-2)23-16-21-33(46)20-15-22-45-31-27-29(17-12-24-47(36-3,37-4)38-5)32(19-14-26-49(42-9,43-10)44-11)30(28-31)18-13-25-48(39-6,40-7)41-8/h29-32H,12-28H2,1-11H3. The van der Waals surface area contributed by atoms with Gasteiger partial charge in [0.1, 0.15) is 0 Å². The van der Waals surface area contributed by atoms with Gasteiger partial charge >= 0.3 is 35.1 Å². The summed E-state index contributed by atoms with van der Waals surface area (Å²) in [6.45, 7) is 2.70. The van der Waals surface area contributed by atoms with Crippen molar-refractivity contribution in [3.05, 3.63) is 0 Å². The van der Waals surface area contributed by atoms with Gasteiger partial charge in [0.2, 0.25) is 0 Å². The first-order valence-electron chi connectivity index (χ1n) is 18.1. The molecule has 0 spiro atoms. The Hall–Kier alpha value is 0.348. The molecule has 2 rings (SSSR count). The van der Waals surface area contributed by atoms with Gasteiger partial charge in [-0.05, 0) is 82.2 Å². The van der Waals surface area contributed by atoms with Gasteiger partial charge in [0.15, 0.2) is 0 Å². The fourth-order valence-corrected chi connectivity index (χ4v) is 16.6. The normalized spacial score (nSPS) is 23.8.